The highest BCUT2D eigenvalue weighted by atomic mass is 35.5. The molecule has 1 aromatic rings. The second-order valence-electron chi connectivity index (χ2n) is 2.00. The highest BCUT2D eigenvalue weighted by molar-refractivity contribution is 6.31. The average molecular weight is 161 g/mol. The van der Waals surface area contributed by atoms with Gasteiger partial charge in [-0.05, 0) is 6.92 Å². The van der Waals surface area contributed by atoms with Crippen LogP contribution in [0.15, 0.2) is 6.20 Å². The maximum absolute atomic E-state index is 5.80. The first-order chi connectivity index (χ1) is 4.79. The molecule has 0 saturated heterocycles. The fraction of sp³-hybridized carbons (Fsp3) is 0.500. The van der Waals surface area contributed by atoms with Crippen LogP contribution in [0.1, 0.15) is 12.6 Å². The van der Waals surface area contributed by atoms with Gasteiger partial charge >= 0.3 is 0 Å². The molecule has 0 aliphatic carbocycles. The Labute approximate surface area is 64.8 Å². The maximum Gasteiger partial charge on any atom is 0.118 e. The zero-order valence-corrected chi connectivity index (χ0v) is 6.73. The zero-order valence-electron chi connectivity index (χ0n) is 5.97. The van der Waals surface area contributed by atoms with Crippen molar-refractivity contribution in [2.75, 3.05) is 0 Å². The van der Waals surface area contributed by atoms with Crippen LogP contribution in [-0.2, 0) is 13.1 Å². The lowest BCUT2D eigenvalue weighted by Gasteiger charge is -1.98. The van der Waals surface area contributed by atoms with Crippen molar-refractivity contribution in [2.24, 2.45) is 0 Å². The largest absolute Gasteiger partial charge is 0.352 e. The quantitative estimate of drug-likeness (QED) is 0.665. The smallest absolute Gasteiger partial charge is 0.118 e. The van der Waals surface area contributed by atoms with E-state index in [0.29, 0.717) is 6.54 Å². The van der Waals surface area contributed by atoms with Crippen molar-refractivity contribution >= 4 is 11.6 Å². The fourth-order valence-electron chi connectivity index (χ4n) is 0.909. The molecule has 0 atom stereocenters. The van der Waals surface area contributed by atoms with E-state index in [2.05, 4.69) is 10.8 Å². The molecule has 0 radical (unpaired) electrons. The third-order valence-electron chi connectivity index (χ3n) is 1.43. The number of nitrogens with zero attached hydrogens (tertiary/aromatic N) is 2. The molecule has 0 aliphatic heterocycles. The average Bonchev–Trinajstić information content (AvgIpc) is 2.30. The first-order valence-electron chi connectivity index (χ1n) is 3.29. The summed E-state index contributed by atoms with van der Waals surface area (Å²) in [6.45, 7) is 3.59. The molecule has 10 heavy (non-hydrogen) atoms. The summed E-state index contributed by atoms with van der Waals surface area (Å²) in [6, 6.07) is 0. The van der Waals surface area contributed by atoms with Crippen LogP contribution in [0.4, 0.5) is 0 Å². The predicted molar refractivity (Wildman–Crippen MR) is 39.5 cm³/mol. The summed E-state index contributed by atoms with van der Waals surface area (Å²) < 4.78 is 1.86. The summed E-state index contributed by atoms with van der Waals surface area (Å²) in [5, 5.41) is 4.77. The molecule has 3 N–H and O–H groups in total. The molecule has 1 heterocycles. The van der Waals surface area contributed by atoms with Crippen molar-refractivity contribution in [1.82, 2.24) is 9.78 Å². The molecule has 56 valence electrons. The van der Waals surface area contributed by atoms with Crippen LogP contribution in [-0.4, -0.2) is 9.78 Å². The second-order valence-corrected chi connectivity index (χ2v) is 2.41. The number of aryl methyl sites for hydroxylation is 1. The van der Waals surface area contributed by atoms with E-state index in [4.69, 9.17) is 11.6 Å². The molecule has 0 bridgehead atoms. The van der Waals surface area contributed by atoms with Gasteiger partial charge in [0, 0.05) is 6.54 Å². The van der Waals surface area contributed by atoms with E-state index in [-0.39, 0.29) is 0 Å². The Morgan fingerprint density at radius 1 is 1.80 bits per heavy atom. The molecular weight excluding hydrogens is 150 g/mol. The Hall–Kier alpha value is -0.540. The van der Waals surface area contributed by atoms with E-state index in [1.807, 2.05) is 11.6 Å². The van der Waals surface area contributed by atoms with Crippen LogP contribution in [0.25, 0.3) is 0 Å². The van der Waals surface area contributed by atoms with Gasteiger partial charge in [-0.15, -0.1) is 0 Å². The standard InChI is InChI=1S/C6H10ClN3/c1-2-10-6(3-8)5(7)4-9-10/h4H,2-3,8H2,1H3/p+1. The molecule has 0 aromatic carbocycles. The van der Waals surface area contributed by atoms with Crippen molar-refractivity contribution in [2.45, 2.75) is 20.0 Å². The Morgan fingerprint density at radius 3 is 2.90 bits per heavy atom. The molecule has 0 saturated carbocycles. The molecule has 4 heteroatoms. The van der Waals surface area contributed by atoms with E-state index in [1.54, 1.807) is 6.20 Å². The predicted octanol–water partition coefficient (Wildman–Crippen LogP) is 0.298. The van der Waals surface area contributed by atoms with E-state index in [0.717, 1.165) is 17.3 Å². The minimum Gasteiger partial charge on any atom is -0.352 e. The van der Waals surface area contributed by atoms with Crippen LogP contribution >= 0.6 is 11.6 Å². The lowest BCUT2D eigenvalue weighted by molar-refractivity contribution is -0.388. The van der Waals surface area contributed by atoms with Gasteiger partial charge in [0.05, 0.1) is 11.2 Å². The Balaban J connectivity index is 3.01. The summed E-state index contributed by atoms with van der Waals surface area (Å²) in [5.74, 6) is 0. The Kier molecular flexibility index (Phi) is 2.29. The molecule has 0 aliphatic rings. The van der Waals surface area contributed by atoms with E-state index < -0.39 is 0 Å². The molecule has 0 spiro atoms. The van der Waals surface area contributed by atoms with Crippen LogP contribution in [0.3, 0.4) is 0 Å². The third-order valence-corrected chi connectivity index (χ3v) is 1.75. The normalized spacial score (nSPS) is 10.3. The lowest BCUT2D eigenvalue weighted by Crippen LogP contribution is -2.48. The number of aromatic nitrogens is 2. The summed E-state index contributed by atoms with van der Waals surface area (Å²) in [5.41, 5.74) is 4.77. The number of rotatable bonds is 2. The minimum absolute atomic E-state index is 0.701. The van der Waals surface area contributed by atoms with Gasteiger partial charge in [0.2, 0.25) is 0 Å². The van der Waals surface area contributed by atoms with Gasteiger partial charge in [-0.2, -0.15) is 5.10 Å². The van der Waals surface area contributed by atoms with Crippen LogP contribution < -0.4 is 5.73 Å². The van der Waals surface area contributed by atoms with Crippen molar-refractivity contribution in [3.63, 3.8) is 0 Å². The topological polar surface area (TPSA) is 45.5 Å². The van der Waals surface area contributed by atoms with E-state index in [1.165, 1.54) is 0 Å². The van der Waals surface area contributed by atoms with Crippen molar-refractivity contribution in [3.8, 4) is 0 Å². The monoisotopic (exact) mass is 160 g/mol. The van der Waals surface area contributed by atoms with Gasteiger partial charge in [-0.25, -0.2) is 0 Å². The number of hydrogen-bond donors (Lipinski definition) is 1. The van der Waals surface area contributed by atoms with E-state index in [9.17, 15) is 0 Å². The van der Waals surface area contributed by atoms with Crippen molar-refractivity contribution < 1.29 is 5.73 Å². The number of hydrogen-bond acceptors (Lipinski definition) is 1. The highest BCUT2D eigenvalue weighted by Gasteiger charge is 2.05. The van der Waals surface area contributed by atoms with Crippen LogP contribution in [0.2, 0.25) is 5.02 Å². The van der Waals surface area contributed by atoms with Gasteiger partial charge in [-0.3, -0.25) is 4.68 Å². The SMILES string of the molecule is CCn1ncc(Cl)c1C[NH3+]. The first-order valence-corrected chi connectivity index (χ1v) is 3.66. The molecule has 0 fully saturated rings. The second kappa shape index (κ2) is 3.03. The van der Waals surface area contributed by atoms with E-state index >= 15 is 0 Å². The number of quaternary nitrogens is 1. The fourth-order valence-corrected chi connectivity index (χ4v) is 1.14. The van der Waals surface area contributed by atoms with Gasteiger partial charge < -0.3 is 5.73 Å². The number of halogens is 1. The van der Waals surface area contributed by atoms with Gasteiger partial charge in [-0.1, -0.05) is 11.6 Å². The molecule has 0 amide bonds. The Morgan fingerprint density at radius 2 is 2.50 bits per heavy atom. The zero-order chi connectivity index (χ0) is 7.56. The summed E-state index contributed by atoms with van der Waals surface area (Å²) in [7, 11) is 0. The summed E-state index contributed by atoms with van der Waals surface area (Å²) in [4.78, 5) is 0. The molecule has 1 rings (SSSR count). The van der Waals surface area contributed by atoms with Crippen LogP contribution in [0, 0.1) is 0 Å². The van der Waals surface area contributed by atoms with Gasteiger partial charge in [0.1, 0.15) is 12.2 Å². The molecule has 3 nitrogen and oxygen atoms in total. The Bertz CT molecular complexity index is 219. The lowest BCUT2D eigenvalue weighted by atomic mass is 10.4. The third kappa shape index (κ3) is 1.15. The van der Waals surface area contributed by atoms with Crippen molar-refractivity contribution in [3.05, 3.63) is 16.9 Å². The minimum atomic E-state index is 0.701. The highest BCUT2D eigenvalue weighted by Crippen LogP contribution is 2.12. The summed E-state index contributed by atoms with van der Waals surface area (Å²) >= 11 is 5.80. The maximum atomic E-state index is 5.80. The molecule has 1 aromatic heterocycles. The van der Waals surface area contributed by atoms with Crippen LogP contribution in [0.5, 0.6) is 0 Å². The van der Waals surface area contributed by atoms with Gasteiger partial charge in [0.15, 0.2) is 0 Å². The molecule has 0 unspecified atom stereocenters. The van der Waals surface area contributed by atoms with Gasteiger partial charge in [0.25, 0.3) is 0 Å². The molecular formula is C6H11ClN3+. The summed E-state index contributed by atoms with van der Waals surface area (Å²) in [6.07, 6.45) is 1.66. The van der Waals surface area contributed by atoms with Crippen molar-refractivity contribution in [1.29, 1.82) is 0 Å². The first kappa shape index (κ1) is 7.57.